The van der Waals surface area contributed by atoms with Crippen LogP contribution in [0.15, 0.2) is 42.7 Å². The van der Waals surface area contributed by atoms with E-state index in [9.17, 15) is 13.6 Å². The van der Waals surface area contributed by atoms with Crippen molar-refractivity contribution in [3.05, 3.63) is 59.4 Å². The van der Waals surface area contributed by atoms with E-state index >= 15 is 0 Å². The molecule has 0 unspecified atom stereocenters. The van der Waals surface area contributed by atoms with Gasteiger partial charge in [-0.05, 0) is 32.4 Å². The average Bonchev–Trinajstić information content (AvgIpc) is 2.91. The Hall–Kier alpha value is -2.94. The first-order chi connectivity index (χ1) is 13.9. The zero-order valence-electron chi connectivity index (χ0n) is 16.8. The van der Waals surface area contributed by atoms with Crippen molar-refractivity contribution in [1.82, 2.24) is 9.88 Å². The zero-order chi connectivity index (χ0) is 21.0. The number of rotatable bonds is 3. The van der Waals surface area contributed by atoms with E-state index in [0.29, 0.717) is 23.3 Å². The minimum Gasteiger partial charge on any atom is -0.490 e. The number of pyridine rings is 1. The van der Waals surface area contributed by atoms with Crippen LogP contribution in [0.1, 0.15) is 49.9 Å². The number of alkyl halides is 2. The van der Waals surface area contributed by atoms with Crippen molar-refractivity contribution in [2.24, 2.45) is 5.41 Å². The largest absolute Gasteiger partial charge is 0.490 e. The Morgan fingerprint density at radius 2 is 2.00 bits per heavy atom. The lowest BCUT2D eigenvalue weighted by molar-refractivity contribution is -0.151. The molecule has 0 spiro atoms. The van der Waals surface area contributed by atoms with Crippen LogP contribution in [0.2, 0.25) is 0 Å². The third-order valence-corrected chi connectivity index (χ3v) is 5.10. The second-order valence-electron chi connectivity index (χ2n) is 7.51. The molecule has 29 heavy (non-hydrogen) atoms. The Balaban J connectivity index is 2.00. The van der Waals surface area contributed by atoms with Gasteiger partial charge in [0.15, 0.2) is 0 Å². The smallest absolute Gasteiger partial charge is 0.252 e. The number of nitrogens with zero attached hydrogens (tertiary/aromatic N) is 2. The van der Waals surface area contributed by atoms with E-state index < -0.39 is 23.8 Å². The van der Waals surface area contributed by atoms with Gasteiger partial charge in [0.25, 0.3) is 6.43 Å². The highest BCUT2D eigenvalue weighted by Gasteiger charge is 2.43. The highest BCUT2D eigenvalue weighted by molar-refractivity contribution is 5.83. The topological polar surface area (TPSA) is 42.4 Å². The lowest BCUT2D eigenvalue weighted by atomic mass is 9.90. The van der Waals surface area contributed by atoms with Crippen LogP contribution in [0.4, 0.5) is 8.78 Å². The minimum atomic E-state index is -2.75. The van der Waals surface area contributed by atoms with Gasteiger partial charge in [-0.15, -0.1) is 0 Å². The molecule has 1 atom stereocenters. The van der Waals surface area contributed by atoms with Crippen LogP contribution >= 0.6 is 0 Å². The van der Waals surface area contributed by atoms with E-state index in [1.165, 1.54) is 18.7 Å². The number of ether oxygens (including phenoxy) is 1. The predicted molar refractivity (Wildman–Crippen MR) is 107 cm³/mol. The SMILES string of the molecule is CC[C@H]1c2cncc(C#Cc3ccccc3)c2OCCN1C(=O)C(C)(C)C(F)F. The number of carbonyl (C=O) groups excluding carboxylic acids is 1. The molecule has 0 bridgehead atoms. The molecule has 3 rings (SSSR count). The number of benzene rings is 1. The minimum absolute atomic E-state index is 0.207. The van der Waals surface area contributed by atoms with Gasteiger partial charge in [-0.2, -0.15) is 0 Å². The molecule has 0 N–H and O–H groups in total. The molecule has 1 aliphatic rings. The fraction of sp³-hybridized carbons (Fsp3) is 0.391. The van der Waals surface area contributed by atoms with Crippen molar-refractivity contribution in [2.45, 2.75) is 39.7 Å². The first-order valence-corrected chi connectivity index (χ1v) is 9.63. The maximum absolute atomic E-state index is 13.5. The fourth-order valence-electron chi connectivity index (χ4n) is 3.33. The van der Waals surface area contributed by atoms with E-state index in [-0.39, 0.29) is 13.2 Å². The standard InChI is InChI=1S/C23H24F2N2O2/c1-4-19-18-15-26-14-17(11-10-16-8-6-5-7-9-16)20(18)29-13-12-27(19)22(28)23(2,3)21(24)25/h5-9,14-15,19,21H,4,12-13H2,1-3H3/t19-/m0/s1. The number of amides is 1. The summed E-state index contributed by atoms with van der Waals surface area (Å²) in [6.07, 6.45) is 1.07. The number of hydrogen-bond acceptors (Lipinski definition) is 3. The van der Waals surface area contributed by atoms with E-state index in [2.05, 4.69) is 16.8 Å². The molecule has 0 fully saturated rings. The molecule has 1 aliphatic heterocycles. The summed E-state index contributed by atoms with van der Waals surface area (Å²) < 4.78 is 32.9. The molecule has 152 valence electrons. The van der Waals surface area contributed by atoms with Gasteiger partial charge in [-0.25, -0.2) is 8.78 Å². The molecule has 1 aromatic carbocycles. The maximum Gasteiger partial charge on any atom is 0.252 e. The summed E-state index contributed by atoms with van der Waals surface area (Å²) in [5.41, 5.74) is 0.410. The quantitative estimate of drug-likeness (QED) is 0.718. The van der Waals surface area contributed by atoms with Crippen LogP contribution in [-0.2, 0) is 4.79 Å². The third kappa shape index (κ3) is 4.24. The third-order valence-electron chi connectivity index (χ3n) is 5.10. The zero-order valence-corrected chi connectivity index (χ0v) is 16.8. The van der Waals surface area contributed by atoms with Crippen molar-refractivity contribution < 1.29 is 18.3 Å². The number of hydrogen-bond donors (Lipinski definition) is 0. The maximum atomic E-state index is 13.5. The van der Waals surface area contributed by atoms with Gasteiger partial charge in [-0.1, -0.05) is 37.0 Å². The van der Waals surface area contributed by atoms with Crippen LogP contribution in [0.5, 0.6) is 5.75 Å². The summed E-state index contributed by atoms with van der Waals surface area (Å²) in [5, 5.41) is 0. The van der Waals surface area contributed by atoms with Crippen LogP contribution in [-0.4, -0.2) is 35.4 Å². The van der Waals surface area contributed by atoms with Crippen LogP contribution < -0.4 is 4.74 Å². The summed E-state index contributed by atoms with van der Waals surface area (Å²) in [5.74, 6) is 6.16. The van der Waals surface area contributed by atoms with Crippen molar-refractivity contribution in [3.8, 4) is 17.6 Å². The van der Waals surface area contributed by atoms with Gasteiger partial charge in [0.1, 0.15) is 17.8 Å². The Morgan fingerprint density at radius 3 is 2.66 bits per heavy atom. The Bertz CT molecular complexity index is 933. The molecule has 6 heteroatoms. The van der Waals surface area contributed by atoms with Crippen LogP contribution in [0, 0.1) is 17.3 Å². The Morgan fingerprint density at radius 1 is 1.28 bits per heavy atom. The first-order valence-electron chi connectivity index (χ1n) is 9.63. The predicted octanol–water partition coefficient (Wildman–Crippen LogP) is 4.44. The molecule has 4 nitrogen and oxygen atoms in total. The molecular formula is C23H24F2N2O2. The van der Waals surface area contributed by atoms with Crippen molar-refractivity contribution in [1.29, 1.82) is 0 Å². The second-order valence-corrected chi connectivity index (χ2v) is 7.51. The van der Waals surface area contributed by atoms with E-state index in [1.807, 2.05) is 37.3 Å². The molecule has 2 aromatic rings. The molecule has 1 aromatic heterocycles. The lowest BCUT2D eigenvalue weighted by Gasteiger charge is -2.35. The fourth-order valence-corrected chi connectivity index (χ4v) is 3.33. The van der Waals surface area contributed by atoms with Gasteiger partial charge in [0.2, 0.25) is 5.91 Å². The average molecular weight is 398 g/mol. The van der Waals surface area contributed by atoms with E-state index in [1.54, 1.807) is 12.4 Å². The molecule has 0 saturated heterocycles. The van der Waals surface area contributed by atoms with Gasteiger partial charge < -0.3 is 9.64 Å². The summed E-state index contributed by atoms with van der Waals surface area (Å²) >= 11 is 0. The van der Waals surface area contributed by atoms with E-state index in [4.69, 9.17) is 4.74 Å². The van der Waals surface area contributed by atoms with Gasteiger partial charge >= 0.3 is 0 Å². The molecule has 2 heterocycles. The summed E-state index contributed by atoms with van der Waals surface area (Å²) in [4.78, 5) is 18.7. The van der Waals surface area contributed by atoms with Crippen molar-refractivity contribution >= 4 is 5.91 Å². The molecule has 0 aliphatic carbocycles. The molecule has 0 saturated carbocycles. The van der Waals surface area contributed by atoms with Crippen molar-refractivity contribution in [2.75, 3.05) is 13.2 Å². The second kappa shape index (κ2) is 8.60. The number of fused-ring (bicyclic) bond motifs is 1. The van der Waals surface area contributed by atoms with Gasteiger partial charge in [-0.3, -0.25) is 9.78 Å². The lowest BCUT2D eigenvalue weighted by Crippen LogP contribution is -2.46. The molecule has 1 amide bonds. The Kier molecular flexibility index (Phi) is 6.17. The van der Waals surface area contributed by atoms with Crippen LogP contribution in [0.3, 0.4) is 0 Å². The summed E-state index contributed by atoms with van der Waals surface area (Å²) in [6.45, 7) is 4.91. The normalized spacial score (nSPS) is 16.3. The number of aromatic nitrogens is 1. The van der Waals surface area contributed by atoms with Gasteiger partial charge in [0.05, 0.1) is 18.2 Å². The van der Waals surface area contributed by atoms with Crippen molar-refractivity contribution in [3.63, 3.8) is 0 Å². The molecular weight excluding hydrogens is 374 g/mol. The monoisotopic (exact) mass is 398 g/mol. The highest BCUT2D eigenvalue weighted by atomic mass is 19.3. The molecule has 0 radical (unpaired) electrons. The highest BCUT2D eigenvalue weighted by Crippen LogP contribution is 2.39. The Labute approximate surface area is 169 Å². The first kappa shape index (κ1) is 20.8. The summed E-state index contributed by atoms with van der Waals surface area (Å²) in [6, 6.07) is 9.15. The summed E-state index contributed by atoms with van der Waals surface area (Å²) in [7, 11) is 0. The number of carbonyl (C=O) groups is 1. The van der Waals surface area contributed by atoms with Gasteiger partial charge in [0, 0.05) is 23.5 Å². The number of halogens is 2. The van der Waals surface area contributed by atoms with Crippen LogP contribution in [0.25, 0.3) is 0 Å². The van der Waals surface area contributed by atoms with E-state index in [0.717, 1.165) is 5.56 Å².